The van der Waals surface area contributed by atoms with Crippen molar-refractivity contribution in [2.24, 2.45) is 0 Å². The highest BCUT2D eigenvalue weighted by Gasteiger charge is 2.11. The lowest BCUT2D eigenvalue weighted by atomic mass is 10.2. The van der Waals surface area contributed by atoms with Crippen molar-refractivity contribution in [1.82, 2.24) is 9.97 Å². The molecule has 4 aromatic rings. The summed E-state index contributed by atoms with van der Waals surface area (Å²) in [6.07, 6.45) is 0. The summed E-state index contributed by atoms with van der Waals surface area (Å²) < 4.78 is 5.86. The second-order valence-electron chi connectivity index (χ2n) is 6.12. The lowest BCUT2D eigenvalue weighted by Crippen LogP contribution is -2.09. The number of hydrogen-bond acceptors (Lipinski definition) is 5. The molecule has 4 nitrogen and oxygen atoms in total. The van der Waals surface area contributed by atoms with Gasteiger partial charge in [-0.3, -0.25) is 4.79 Å². The summed E-state index contributed by atoms with van der Waals surface area (Å²) >= 11 is 3.14. The van der Waals surface area contributed by atoms with Crippen LogP contribution in [-0.2, 0) is 5.75 Å². The van der Waals surface area contributed by atoms with Crippen molar-refractivity contribution in [3.05, 3.63) is 76.3 Å². The average Bonchev–Trinajstić information content (AvgIpc) is 3.12. The number of fused-ring (bicyclic) bond motifs is 1. The molecule has 0 aliphatic heterocycles. The molecule has 0 spiro atoms. The van der Waals surface area contributed by atoms with Gasteiger partial charge in [-0.2, -0.15) is 0 Å². The standard InChI is InChI=1S/C21H18N2O2S2/c1-13-5-3-4-6-17(13)26-12-19-22-16-11-18(27-20(16)21(24)23-19)14-7-9-15(25-2)10-8-14/h3-11H,12H2,1-2H3,(H,22,23,24). The molecule has 0 saturated heterocycles. The average molecular weight is 395 g/mol. The number of benzene rings is 2. The van der Waals surface area contributed by atoms with E-state index in [9.17, 15) is 4.79 Å². The maximum absolute atomic E-state index is 12.5. The molecule has 0 fully saturated rings. The number of nitrogens with zero attached hydrogens (tertiary/aromatic N) is 1. The number of methoxy groups -OCH3 is 1. The van der Waals surface area contributed by atoms with Gasteiger partial charge in [-0.25, -0.2) is 4.98 Å². The fourth-order valence-electron chi connectivity index (χ4n) is 2.82. The van der Waals surface area contributed by atoms with Gasteiger partial charge in [-0.05, 0) is 54.4 Å². The Balaban J connectivity index is 1.63. The van der Waals surface area contributed by atoms with E-state index in [0.717, 1.165) is 21.7 Å². The Kier molecular flexibility index (Phi) is 5.01. The van der Waals surface area contributed by atoms with Gasteiger partial charge in [0.1, 0.15) is 16.3 Å². The minimum atomic E-state index is -0.0786. The zero-order chi connectivity index (χ0) is 18.8. The van der Waals surface area contributed by atoms with E-state index in [-0.39, 0.29) is 5.56 Å². The summed E-state index contributed by atoms with van der Waals surface area (Å²) in [6, 6.07) is 18.0. The number of aromatic nitrogens is 2. The highest BCUT2D eigenvalue weighted by molar-refractivity contribution is 7.98. The van der Waals surface area contributed by atoms with Crippen LogP contribution in [0.4, 0.5) is 0 Å². The largest absolute Gasteiger partial charge is 0.497 e. The third-order valence-electron chi connectivity index (χ3n) is 4.26. The van der Waals surface area contributed by atoms with Crippen LogP contribution < -0.4 is 10.3 Å². The Labute approximate surface area is 165 Å². The van der Waals surface area contributed by atoms with E-state index in [2.05, 4.69) is 29.0 Å². The molecule has 0 radical (unpaired) electrons. The summed E-state index contributed by atoms with van der Waals surface area (Å²) in [5.41, 5.74) is 2.94. The molecule has 0 aliphatic carbocycles. The van der Waals surface area contributed by atoms with Gasteiger partial charge in [0, 0.05) is 9.77 Å². The number of thioether (sulfide) groups is 1. The molecule has 0 saturated carbocycles. The molecular weight excluding hydrogens is 376 g/mol. The van der Waals surface area contributed by atoms with Gasteiger partial charge in [-0.1, -0.05) is 18.2 Å². The number of thiophene rings is 1. The number of hydrogen-bond donors (Lipinski definition) is 1. The van der Waals surface area contributed by atoms with Crippen LogP contribution in [-0.4, -0.2) is 17.1 Å². The molecular formula is C21H18N2O2S2. The molecule has 27 heavy (non-hydrogen) atoms. The number of aromatic amines is 1. The van der Waals surface area contributed by atoms with Crippen LogP contribution in [0.1, 0.15) is 11.4 Å². The van der Waals surface area contributed by atoms with E-state index in [1.807, 2.05) is 42.5 Å². The van der Waals surface area contributed by atoms with Gasteiger partial charge in [0.15, 0.2) is 0 Å². The normalized spacial score (nSPS) is 11.0. The Morgan fingerprint density at radius 1 is 1.15 bits per heavy atom. The highest BCUT2D eigenvalue weighted by atomic mass is 32.2. The Morgan fingerprint density at radius 2 is 1.93 bits per heavy atom. The molecule has 0 bridgehead atoms. The maximum Gasteiger partial charge on any atom is 0.268 e. The number of nitrogens with one attached hydrogen (secondary N) is 1. The van der Waals surface area contributed by atoms with Gasteiger partial charge in [0.25, 0.3) is 5.56 Å². The Hall–Kier alpha value is -2.57. The second kappa shape index (κ2) is 7.58. The minimum absolute atomic E-state index is 0.0786. The predicted molar refractivity (Wildman–Crippen MR) is 113 cm³/mol. The van der Waals surface area contributed by atoms with Crippen LogP contribution in [0.3, 0.4) is 0 Å². The molecule has 136 valence electrons. The molecule has 2 heterocycles. The maximum atomic E-state index is 12.5. The monoisotopic (exact) mass is 394 g/mol. The van der Waals surface area contributed by atoms with E-state index in [1.165, 1.54) is 21.8 Å². The number of H-pyrrole nitrogens is 1. The molecule has 4 rings (SSSR count). The first-order chi connectivity index (χ1) is 13.1. The van der Waals surface area contributed by atoms with E-state index in [1.54, 1.807) is 18.9 Å². The van der Waals surface area contributed by atoms with Crippen molar-refractivity contribution in [2.75, 3.05) is 7.11 Å². The van der Waals surface area contributed by atoms with Gasteiger partial charge in [0.2, 0.25) is 0 Å². The van der Waals surface area contributed by atoms with Crippen molar-refractivity contribution in [2.45, 2.75) is 17.6 Å². The van der Waals surface area contributed by atoms with Gasteiger partial charge in [0.05, 0.1) is 18.4 Å². The van der Waals surface area contributed by atoms with Gasteiger partial charge in [-0.15, -0.1) is 23.1 Å². The van der Waals surface area contributed by atoms with E-state index >= 15 is 0 Å². The van der Waals surface area contributed by atoms with Crippen LogP contribution in [0.5, 0.6) is 5.75 Å². The van der Waals surface area contributed by atoms with E-state index < -0.39 is 0 Å². The summed E-state index contributed by atoms with van der Waals surface area (Å²) in [7, 11) is 1.65. The quantitative estimate of drug-likeness (QED) is 0.469. The number of ether oxygens (including phenoxy) is 1. The topological polar surface area (TPSA) is 55.0 Å². The fraction of sp³-hybridized carbons (Fsp3) is 0.143. The molecule has 6 heteroatoms. The second-order valence-corrected chi connectivity index (χ2v) is 8.19. The minimum Gasteiger partial charge on any atom is -0.497 e. The van der Waals surface area contributed by atoms with Crippen molar-refractivity contribution in [3.63, 3.8) is 0 Å². The van der Waals surface area contributed by atoms with Crippen molar-refractivity contribution < 1.29 is 4.74 Å². The third kappa shape index (κ3) is 3.77. The first-order valence-corrected chi connectivity index (χ1v) is 10.3. The Bertz CT molecular complexity index is 1150. The molecule has 0 amide bonds. The number of rotatable bonds is 5. The molecule has 2 aromatic heterocycles. The zero-order valence-corrected chi connectivity index (χ0v) is 16.6. The first-order valence-electron chi connectivity index (χ1n) is 8.49. The smallest absolute Gasteiger partial charge is 0.268 e. The van der Waals surface area contributed by atoms with Crippen molar-refractivity contribution >= 4 is 33.3 Å². The van der Waals surface area contributed by atoms with E-state index in [0.29, 0.717) is 16.3 Å². The highest BCUT2D eigenvalue weighted by Crippen LogP contribution is 2.32. The third-order valence-corrected chi connectivity index (χ3v) is 6.62. The van der Waals surface area contributed by atoms with Crippen molar-refractivity contribution in [1.29, 1.82) is 0 Å². The number of aryl methyl sites for hydroxylation is 1. The Morgan fingerprint density at radius 3 is 2.67 bits per heavy atom. The molecule has 0 unspecified atom stereocenters. The van der Waals surface area contributed by atoms with Crippen molar-refractivity contribution in [3.8, 4) is 16.2 Å². The van der Waals surface area contributed by atoms with Gasteiger partial charge < -0.3 is 9.72 Å². The molecule has 0 atom stereocenters. The fourth-order valence-corrected chi connectivity index (χ4v) is 4.72. The van der Waals surface area contributed by atoms with E-state index in [4.69, 9.17) is 4.74 Å². The molecule has 0 aliphatic rings. The molecule has 2 aromatic carbocycles. The van der Waals surface area contributed by atoms with Gasteiger partial charge >= 0.3 is 0 Å². The summed E-state index contributed by atoms with van der Waals surface area (Å²) in [4.78, 5) is 22.3. The summed E-state index contributed by atoms with van der Waals surface area (Å²) in [5.74, 6) is 2.13. The SMILES string of the molecule is COc1ccc(-c2cc3nc(CSc4ccccc4C)[nH]c(=O)c3s2)cc1. The lowest BCUT2D eigenvalue weighted by Gasteiger charge is -2.04. The zero-order valence-electron chi connectivity index (χ0n) is 15.0. The van der Waals surface area contributed by atoms with Crippen LogP contribution in [0.2, 0.25) is 0 Å². The predicted octanol–water partition coefficient (Wildman–Crippen LogP) is 5.26. The molecule has 1 N–H and O–H groups in total. The summed E-state index contributed by atoms with van der Waals surface area (Å²) in [5, 5.41) is 0. The van der Waals surface area contributed by atoms with Crippen LogP contribution >= 0.6 is 23.1 Å². The lowest BCUT2D eigenvalue weighted by molar-refractivity contribution is 0.415. The van der Waals surface area contributed by atoms with Crippen LogP contribution in [0.15, 0.2) is 64.3 Å². The first kappa shape index (κ1) is 17.8. The van der Waals surface area contributed by atoms with Crippen LogP contribution in [0, 0.1) is 6.92 Å². The van der Waals surface area contributed by atoms with Crippen LogP contribution in [0.25, 0.3) is 20.7 Å². The summed E-state index contributed by atoms with van der Waals surface area (Å²) in [6.45, 7) is 2.09.